The lowest BCUT2D eigenvalue weighted by Gasteiger charge is -2.05. The first-order valence-electron chi connectivity index (χ1n) is 5.17. The third-order valence-corrected chi connectivity index (χ3v) is 2.27. The molecule has 0 N–H and O–H groups in total. The number of pyridine rings is 1. The zero-order chi connectivity index (χ0) is 12.1. The summed E-state index contributed by atoms with van der Waals surface area (Å²) in [7, 11) is 0. The smallest absolute Gasteiger partial charge is 0.294 e. The van der Waals surface area contributed by atoms with Crippen LogP contribution in [0.3, 0.4) is 0 Å². The van der Waals surface area contributed by atoms with Crippen molar-refractivity contribution in [3.8, 4) is 0 Å². The second-order valence-corrected chi connectivity index (χ2v) is 3.47. The molecule has 0 unspecified atom stereocenters. The number of rotatable bonds is 4. The third-order valence-electron chi connectivity index (χ3n) is 2.27. The summed E-state index contributed by atoms with van der Waals surface area (Å²) in [5, 5.41) is 0. The highest BCUT2D eigenvalue weighted by Gasteiger charge is 2.18. The molecule has 2 rings (SSSR count). The van der Waals surface area contributed by atoms with Crippen molar-refractivity contribution < 1.29 is 14.6 Å². The van der Waals surface area contributed by atoms with Crippen LogP contribution in [0.25, 0.3) is 0 Å². The molecule has 0 aliphatic heterocycles. The quantitative estimate of drug-likeness (QED) is 0.742. The monoisotopic (exact) mass is 231 g/mol. The van der Waals surface area contributed by atoms with Gasteiger partial charge in [-0.1, -0.05) is 18.2 Å². The van der Waals surface area contributed by atoms with Crippen LogP contribution in [0.4, 0.5) is 5.82 Å². The highest BCUT2D eigenvalue weighted by atomic mass is 16.8. The van der Waals surface area contributed by atoms with Gasteiger partial charge in [0.1, 0.15) is 6.20 Å². The van der Waals surface area contributed by atoms with E-state index in [4.69, 9.17) is 4.84 Å². The van der Waals surface area contributed by atoms with Crippen LogP contribution in [0.1, 0.15) is 6.42 Å². The van der Waals surface area contributed by atoms with E-state index in [9.17, 15) is 9.70 Å². The van der Waals surface area contributed by atoms with E-state index in [2.05, 4.69) is 4.98 Å². The fourth-order valence-corrected chi connectivity index (χ4v) is 1.37. The van der Waals surface area contributed by atoms with Crippen molar-refractivity contribution in [2.45, 2.75) is 6.42 Å². The van der Waals surface area contributed by atoms with Crippen molar-refractivity contribution in [2.24, 2.45) is 0 Å². The summed E-state index contributed by atoms with van der Waals surface area (Å²) in [6.45, 7) is -0.0384. The van der Waals surface area contributed by atoms with Gasteiger partial charge in [0, 0.05) is 18.1 Å². The van der Waals surface area contributed by atoms with E-state index in [0.29, 0.717) is 16.9 Å². The van der Waals surface area contributed by atoms with Crippen molar-refractivity contribution in [1.29, 1.82) is 0 Å². The Kier molecular flexibility index (Phi) is 3.40. The molecule has 1 heterocycles. The van der Waals surface area contributed by atoms with Crippen LogP contribution < -0.4 is 0 Å². The van der Waals surface area contributed by atoms with Gasteiger partial charge in [0.2, 0.25) is 0 Å². The molecule has 0 radical (unpaired) electrons. The van der Waals surface area contributed by atoms with Crippen LogP contribution in [-0.2, 0) is 9.63 Å². The fraction of sp³-hybridized carbons (Fsp3) is 0.167. The molecule has 0 aromatic carbocycles. The maximum absolute atomic E-state index is 11.5. The maximum Gasteiger partial charge on any atom is 0.408 e. The summed E-state index contributed by atoms with van der Waals surface area (Å²) < 4.78 is 0. The SMILES string of the molecule is O=C1CC=CC=C1CO[N+](=O)c1ccccn1. The Labute approximate surface area is 98.0 Å². The average molecular weight is 231 g/mol. The Morgan fingerprint density at radius 2 is 2.29 bits per heavy atom. The number of Topliss-reactive ketones (excluding diaryl/α,β-unsaturated/α-hetero) is 1. The van der Waals surface area contributed by atoms with Gasteiger partial charge in [0.25, 0.3) is 0 Å². The maximum atomic E-state index is 11.5. The van der Waals surface area contributed by atoms with E-state index in [0.717, 1.165) is 0 Å². The molecule has 0 bridgehead atoms. The molecule has 0 saturated carbocycles. The summed E-state index contributed by atoms with van der Waals surface area (Å²) in [5.74, 6) is 0.133. The van der Waals surface area contributed by atoms with Crippen molar-refractivity contribution >= 4 is 11.6 Å². The summed E-state index contributed by atoms with van der Waals surface area (Å²) in [6, 6.07) is 4.92. The normalized spacial score (nSPS) is 14.4. The molecule has 0 saturated heterocycles. The molecular weight excluding hydrogens is 220 g/mol. The number of ketones is 1. The lowest BCUT2D eigenvalue weighted by Crippen LogP contribution is -2.14. The first-order chi connectivity index (χ1) is 8.27. The zero-order valence-corrected chi connectivity index (χ0v) is 9.07. The molecular formula is C12H11N2O3+. The Bertz CT molecular complexity index is 492. The highest BCUT2D eigenvalue weighted by Crippen LogP contribution is 2.11. The highest BCUT2D eigenvalue weighted by molar-refractivity contribution is 5.97. The minimum absolute atomic E-state index is 0.0260. The first kappa shape index (κ1) is 11.2. The molecule has 17 heavy (non-hydrogen) atoms. The lowest BCUT2D eigenvalue weighted by molar-refractivity contribution is -0.745. The van der Waals surface area contributed by atoms with Crippen LogP contribution in [0.5, 0.6) is 0 Å². The van der Waals surface area contributed by atoms with Crippen LogP contribution in [0, 0.1) is 4.91 Å². The van der Waals surface area contributed by atoms with Gasteiger partial charge < -0.3 is 0 Å². The largest absolute Gasteiger partial charge is 0.408 e. The first-order valence-corrected chi connectivity index (χ1v) is 5.17. The number of hydrogen-bond donors (Lipinski definition) is 0. The Morgan fingerprint density at radius 1 is 1.41 bits per heavy atom. The van der Waals surface area contributed by atoms with Gasteiger partial charge in [-0.2, -0.15) is 0 Å². The summed E-state index contributed by atoms with van der Waals surface area (Å²) in [4.78, 5) is 32.0. The number of nitrogens with zero attached hydrogens (tertiary/aromatic N) is 2. The number of carbonyl (C=O) groups excluding carboxylic acids is 1. The Morgan fingerprint density at radius 3 is 3.00 bits per heavy atom. The molecule has 0 atom stereocenters. The van der Waals surface area contributed by atoms with E-state index in [-0.39, 0.29) is 18.2 Å². The molecule has 5 nitrogen and oxygen atoms in total. The molecule has 0 spiro atoms. The molecule has 0 fully saturated rings. The lowest BCUT2D eigenvalue weighted by atomic mass is 10.1. The van der Waals surface area contributed by atoms with E-state index in [1.807, 2.05) is 0 Å². The summed E-state index contributed by atoms with van der Waals surface area (Å²) in [6.07, 6.45) is 7.04. The standard InChI is InChI=1S/C12H11N2O3/c15-11-6-2-1-5-10(11)9-17-14(16)12-7-3-4-8-13-12/h1-5,7-8H,6,9H2/q+1. The van der Waals surface area contributed by atoms with Crippen LogP contribution >= 0.6 is 0 Å². The van der Waals surface area contributed by atoms with Crippen LogP contribution in [-0.4, -0.2) is 22.3 Å². The van der Waals surface area contributed by atoms with Gasteiger partial charge in [-0.15, -0.1) is 0 Å². The van der Waals surface area contributed by atoms with E-state index in [1.165, 1.54) is 12.3 Å². The minimum Gasteiger partial charge on any atom is -0.294 e. The molecule has 1 aromatic heterocycles. The number of aromatic nitrogens is 1. The zero-order valence-electron chi connectivity index (χ0n) is 9.07. The molecule has 1 aromatic rings. The van der Waals surface area contributed by atoms with Gasteiger partial charge in [0.05, 0.1) is 0 Å². The fourth-order valence-electron chi connectivity index (χ4n) is 1.37. The van der Waals surface area contributed by atoms with E-state index in [1.54, 1.807) is 30.4 Å². The van der Waals surface area contributed by atoms with Crippen LogP contribution in [0.15, 0.2) is 48.2 Å². The second kappa shape index (κ2) is 5.16. The second-order valence-electron chi connectivity index (χ2n) is 3.47. The minimum atomic E-state index is -0.0384. The van der Waals surface area contributed by atoms with Gasteiger partial charge in [-0.05, 0) is 22.0 Å². The molecule has 0 amide bonds. The number of allylic oxidation sites excluding steroid dienone is 3. The Balaban J connectivity index is 1.95. The molecule has 86 valence electrons. The Hall–Kier alpha value is -2.30. The van der Waals surface area contributed by atoms with Gasteiger partial charge in [0.15, 0.2) is 17.3 Å². The topological polar surface area (TPSA) is 59.3 Å². The molecule has 5 heteroatoms. The number of hydrogen-bond acceptors (Lipinski definition) is 4. The summed E-state index contributed by atoms with van der Waals surface area (Å²) >= 11 is 0. The van der Waals surface area contributed by atoms with Gasteiger partial charge >= 0.3 is 5.82 Å². The van der Waals surface area contributed by atoms with Crippen molar-refractivity contribution in [2.75, 3.05) is 6.61 Å². The van der Waals surface area contributed by atoms with Gasteiger partial charge in [-0.3, -0.25) is 9.63 Å². The molecule has 1 aliphatic carbocycles. The van der Waals surface area contributed by atoms with E-state index < -0.39 is 0 Å². The van der Waals surface area contributed by atoms with Gasteiger partial charge in [-0.25, -0.2) is 0 Å². The molecule has 1 aliphatic rings. The van der Waals surface area contributed by atoms with E-state index >= 15 is 0 Å². The average Bonchev–Trinajstić information content (AvgIpc) is 2.38. The predicted octanol–water partition coefficient (Wildman–Crippen LogP) is 1.88. The summed E-state index contributed by atoms with van der Waals surface area (Å²) in [5.41, 5.74) is 0.490. The van der Waals surface area contributed by atoms with Crippen LogP contribution in [0.2, 0.25) is 0 Å². The predicted molar refractivity (Wildman–Crippen MR) is 60.3 cm³/mol. The van der Waals surface area contributed by atoms with Crippen molar-refractivity contribution in [1.82, 2.24) is 4.98 Å². The number of carbonyl (C=O) groups is 1. The third kappa shape index (κ3) is 2.84. The van der Waals surface area contributed by atoms with Crippen molar-refractivity contribution in [3.63, 3.8) is 0 Å². The van der Waals surface area contributed by atoms with Crippen molar-refractivity contribution in [3.05, 3.63) is 53.1 Å².